The topological polar surface area (TPSA) is 63.6 Å². The molecule has 0 aromatic heterocycles. The van der Waals surface area contributed by atoms with Crippen LogP contribution in [0.5, 0.6) is 0 Å². The molecular weight excluding hydrogens is 244 g/mol. The van der Waals surface area contributed by atoms with E-state index in [1.54, 1.807) is 26.8 Å². The van der Waals surface area contributed by atoms with Gasteiger partial charge in [-0.05, 0) is 33.1 Å². The maximum Gasteiger partial charge on any atom is 0.332 e. The summed E-state index contributed by atoms with van der Waals surface area (Å²) in [5.74, 6) is -2.38. The standard InChI is InChI=1S/C15H24O4/c1-7-8-11(14(18)19-15(4,5)6)12(13(16)17)9-10(2)3/h7,9-11H,1,8H2,2-6H3,(H,16,17)/b12-9+/t11-/m1/s1. The third-order valence-corrected chi connectivity index (χ3v) is 2.23. The molecule has 0 spiro atoms. The highest BCUT2D eigenvalue weighted by Crippen LogP contribution is 2.23. The minimum absolute atomic E-state index is 0.0425. The van der Waals surface area contributed by atoms with Crippen molar-refractivity contribution in [3.63, 3.8) is 0 Å². The van der Waals surface area contributed by atoms with Gasteiger partial charge in [0.05, 0.1) is 5.92 Å². The zero-order valence-corrected chi connectivity index (χ0v) is 12.4. The fourth-order valence-electron chi connectivity index (χ4n) is 1.59. The molecule has 4 heteroatoms. The van der Waals surface area contributed by atoms with Gasteiger partial charge in [0.25, 0.3) is 0 Å². The Morgan fingerprint density at radius 2 is 1.84 bits per heavy atom. The van der Waals surface area contributed by atoms with E-state index in [1.807, 2.05) is 13.8 Å². The van der Waals surface area contributed by atoms with Gasteiger partial charge in [-0.25, -0.2) is 4.79 Å². The number of allylic oxidation sites excluding steroid dienone is 2. The minimum atomic E-state index is -1.09. The first-order valence-electron chi connectivity index (χ1n) is 6.37. The van der Waals surface area contributed by atoms with Gasteiger partial charge in [0.15, 0.2) is 0 Å². The van der Waals surface area contributed by atoms with Crippen molar-refractivity contribution in [1.82, 2.24) is 0 Å². The van der Waals surface area contributed by atoms with E-state index in [2.05, 4.69) is 6.58 Å². The van der Waals surface area contributed by atoms with Crippen LogP contribution in [-0.2, 0) is 14.3 Å². The first kappa shape index (κ1) is 17.4. The molecule has 1 atom stereocenters. The number of carboxylic acids is 1. The summed E-state index contributed by atoms with van der Waals surface area (Å²) in [6.07, 6.45) is 3.37. The summed E-state index contributed by atoms with van der Waals surface area (Å²) in [5.41, 5.74) is -0.568. The second-order valence-corrected chi connectivity index (χ2v) is 5.78. The minimum Gasteiger partial charge on any atom is -0.478 e. The lowest BCUT2D eigenvalue weighted by Gasteiger charge is -2.24. The summed E-state index contributed by atoms with van der Waals surface area (Å²) >= 11 is 0. The molecule has 0 fully saturated rings. The van der Waals surface area contributed by atoms with E-state index >= 15 is 0 Å². The molecule has 0 rings (SSSR count). The second-order valence-electron chi connectivity index (χ2n) is 5.78. The van der Waals surface area contributed by atoms with Crippen molar-refractivity contribution < 1.29 is 19.4 Å². The van der Waals surface area contributed by atoms with Crippen LogP contribution in [0.3, 0.4) is 0 Å². The van der Waals surface area contributed by atoms with Gasteiger partial charge in [0.2, 0.25) is 0 Å². The van der Waals surface area contributed by atoms with Crippen molar-refractivity contribution in [2.75, 3.05) is 0 Å². The Kier molecular flexibility index (Phi) is 6.53. The van der Waals surface area contributed by atoms with Gasteiger partial charge >= 0.3 is 11.9 Å². The normalized spacial score (nSPS) is 14.1. The fraction of sp³-hybridized carbons (Fsp3) is 0.600. The Morgan fingerprint density at radius 1 is 1.32 bits per heavy atom. The van der Waals surface area contributed by atoms with Gasteiger partial charge in [-0.2, -0.15) is 0 Å². The SMILES string of the molecule is C=CC[C@@H](C(=O)OC(C)(C)C)/C(=C\C(C)C)C(=O)O. The molecule has 0 aliphatic carbocycles. The summed E-state index contributed by atoms with van der Waals surface area (Å²) in [7, 11) is 0. The fourth-order valence-corrected chi connectivity index (χ4v) is 1.59. The van der Waals surface area contributed by atoms with Gasteiger partial charge < -0.3 is 9.84 Å². The number of hydrogen-bond acceptors (Lipinski definition) is 3. The number of ether oxygens (including phenoxy) is 1. The molecule has 0 unspecified atom stereocenters. The predicted molar refractivity (Wildman–Crippen MR) is 74.7 cm³/mol. The van der Waals surface area contributed by atoms with E-state index in [4.69, 9.17) is 4.74 Å². The molecule has 0 heterocycles. The maximum atomic E-state index is 12.1. The molecule has 0 radical (unpaired) electrons. The number of carbonyl (C=O) groups excluding carboxylic acids is 1. The monoisotopic (exact) mass is 268 g/mol. The third-order valence-electron chi connectivity index (χ3n) is 2.23. The number of hydrogen-bond donors (Lipinski definition) is 1. The lowest BCUT2D eigenvalue weighted by Crippen LogP contribution is -2.31. The molecule has 0 aliphatic rings. The van der Waals surface area contributed by atoms with Crippen LogP contribution in [0.1, 0.15) is 41.0 Å². The highest BCUT2D eigenvalue weighted by molar-refractivity contribution is 5.94. The van der Waals surface area contributed by atoms with Gasteiger partial charge in [0, 0.05) is 5.57 Å². The molecule has 0 aromatic rings. The van der Waals surface area contributed by atoms with Gasteiger partial charge in [-0.1, -0.05) is 26.0 Å². The molecule has 1 N–H and O–H groups in total. The molecule has 0 aromatic carbocycles. The van der Waals surface area contributed by atoms with Crippen molar-refractivity contribution in [1.29, 1.82) is 0 Å². The van der Waals surface area contributed by atoms with Crippen LogP contribution in [-0.4, -0.2) is 22.6 Å². The summed E-state index contributed by atoms with van der Waals surface area (Å²) < 4.78 is 5.27. The summed E-state index contributed by atoms with van der Waals surface area (Å²) in [6, 6.07) is 0. The number of carboxylic acid groups (broad SMARTS) is 1. The van der Waals surface area contributed by atoms with E-state index < -0.39 is 23.5 Å². The van der Waals surface area contributed by atoms with Crippen LogP contribution < -0.4 is 0 Å². The largest absolute Gasteiger partial charge is 0.478 e. The predicted octanol–water partition coefficient (Wildman–Crippen LogP) is 3.19. The molecule has 4 nitrogen and oxygen atoms in total. The van der Waals surface area contributed by atoms with E-state index in [0.717, 1.165) is 0 Å². The van der Waals surface area contributed by atoms with E-state index in [0.29, 0.717) is 0 Å². The van der Waals surface area contributed by atoms with Crippen molar-refractivity contribution in [3.8, 4) is 0 Å². The maximum absolute atomic E-state index is 12.1. The van der Waals surface area contributed by atoms with Crippen molar-refractivity contribution in [2.24, 2.45) is 11.8 Å². The number of carbonyl (C=O) groups is 2. The Labute approximate surface area is 115 Å². The van der Waals surface area contributed by atoms with E-state index in [-0.39, 0.29) is 17.9 Å². The summed E-state index contributed by atoms with van der Waals surface area (Å²) in [5, 5.41) is 9.26. The highest BCUT2D eigenvalue weighted by atomic mass is 16.6. The zero-order valence-electron chi connectivity index (χ0n) is 12.4. The molecule has 108 valence electrons. The zero-order chi connectivity index (χ0) is 15.2. The van der Waals surface area contributed by atoms with E-state index in [9.17, 15) is 14.7 Å². The summed E-state index contributed by atoms with van der Waals surface area (Å²) in [6.45, 7) is 12.6. The van der Waals surface area contributed by atoms with Crippen molar-refractivity contribution in [2.45, 2.75) is 46.6 Å². The highest BCUT2D eigenvalue weighted by Gasteiger charge is 2.30. The Hall–Kier alpha value is -1.58. The molecule has 0 saturated heterocycles. The van der Waals surface area contributed by atoms with Gasteiger partial charge in [0.1, 0.15) is 5.60 Å². The van der Waals surface area contributed by atoms with Crippen molar-refractivity contribution in [3.05, 3.63) is 24.3 Å². The molecule has 0 aliphatic heterocycles. The molecule has 0 saturated carbocycles. The lowest BCUT2D eigenvalue weighted by atomic mass is 9.92. The van der Waals surface area contributed by atoms with Crippen LogP contribution in [0, 0.1) is 11.8 Å². The average Bonchev–Trinajstić information content (AvgIpc) is 2.19. The smallest absolute Gasteiger partial charge is 0.332 e. The van der Waals surface area contributed by atoms with Gasteiger partial charge in [-0.15, -0.1) is 6.58 Å². The van der Waals surface area contributed by atoms with Crippen LogP contribution in [0.2, 0.25) is 0 Å². The Balaban J connectivity index is 5.32. The third kappa shape index (κ3) is 6.79. The molecule has 0 amide bonds. The summed E-state index contributed by atoms with van der Waals surface area (Å²) in [4.78, 5) is 23.4. The van der Waals surface area contributed by atoms with Gasteiger partial charge in [-0.3, -0.25) is 4.79 Å². The Bertz CT molecular complexity index is 372. The number of aliphatic carboxylic acids is 1. The number of esters is 1. The van der Waals surface area contributed by atoms with Crippen molar-refractivity contribution >= 4 is 11.9 Å². The molecule has 19 heavy (non-hydrogen) atoms. The van der Waals surface area contributed by atoms with Crippen LogP contribution in [0.25, 0.3) is 0 Å². The van der Waals surface area contributed by atoms with Crippen LogP contribution in [0.4, 0.5) is 0 Å². The number of rotatable bonds is 6. The Morgan fingerprint density at radius 3 is 2.16 bits per heavy atom. The van der Waals surface area contributed by atoms with Crippen LogP contribution in [0.15, 0.2) is 24.3 Å². The molecule has 0 bridgehead atoms. The quantitative estimate of drug-likeness (QED) is 0.456. The first-order chi connectivity index (χ1) is 8.58. The van der Waals surface area contributed by atoms with Crippen LogP contribution >= 0.6 is 0 Å². The molecular formula is C15H24O4. The van der Waals surface area contributed by atoms with E-state index in [1.165, 1.54) is 6.08 Å². The second kappa shape index (κ2) is 7.12. The lowest BCUT2D eigenvalue weighted by molar-refractivity contribution is -0.159. The first-order valence-corrected chi connectivity index (χ1v) is 6.37. The average molecular weight is 268 g/mol.